The van der Waals surface area contributed by atoms with E-state index in [-0.39, 0.29) is 0 Å². The van der Waals surface area contributed by atoms with Gasteiger partial charge in [0, 0.05) is 24.2 Å². The van der Waals surface area contributed by atoms with Gasteiger partial charge in [-0.25, -0.2) is 4.79 Å². The zero-order chi connectivity index (χ0) is 26.2. The Labute approximate surface area is 213 Å². The summed E-state index contributed by atoms with van der Waals surface area (Å²) < 4.78 is 17.1. The number of hydrogen-bond donors (Lipinski definition) is 1. The molecule has 194 valence electrons. The lowest BCUT2D eigenvalue weighted by Gasteiger charge is -2.23. The summed E-state index contributed by atoms with van der Waals surface area (Å²) in [5.74, 6) is 2.47. The highest BCUT2D eigenvalue weighted by atomic mass is 16.5. The van der Waals surface area contributed by atoms with Crippen molar-refractivity contribution in [3.05, 3.63) is 47.7 Å². The summed E-state index contributed by atoms with van der Waals surface area (Å²) in [5.41, 5.74) is 3.09. The van der Waals surface area contributed by atoms with E-state index in [1.165, 1.54) is 4.90 Å². The number of methoxy groups -OCH3 is 2. The normalized spacial score (nSPS) is 11.1. The summed E-state index contributed by atoms with van der Waals surface area (Å²) in [6.45, 7) is 5.35. The average Bonchev–Trinajstić information content (AvgIpc) is 2.84. The first-order valence-electron chi connectivity index (χ1n) is 12.2. The predicted molar refractivity (Wildman–Crippen MR) is 143 cm³/mol. The molecule has 0 saturated carbocycles. The third-order valence-corrected chi connectivity index (χ3v) is 6.18. The third kappa shape index (κ3) is 6.57. The number of fused-ring (bicyclic) bond motifs is 1. The number of rotatable bonds is 12. The minimum Gasteiger partial charge on any atom is -0.493 e. The Morgan fingerprint density at radius 1 is 0.861 bits per heavy atom. The first-order valence-corrected chi connectivity index (χ1v) is 12.2. The lowest BCUT2D eigenvalue weighted by atomic mass is 10.1. The van der Waals surface area contributed by atoms with Crippen LogP contribution in [0, 0.1) is 13.8 Å². The summed E-state index contributed by atoms with van der Waals surface area (Å²) in [5, 5.41) is 10.7. The number of carboxylic acid groups (broad SMARTS) is 1. The number of carbonyl (C=O) groups is 1. The lowest BCUT2D eigenvalue weighted by molar-refractivity contribution is 0.201. The molecule has 0 unspecified atom stereocenters. The van der Waals surface area contributed by atoms with Crippen LogP contribution in [-0.4, -0.2) is 62.5 Å². The van der Waals surface area contributed by atoms with Gasteiger partial charge in [-0.05, 0) is 82.7 Å². The maximum Gasteiger partial charge on any atom is 0.411 e. The molecule has 0 atom stereocenters. The van der Waals surface area contributed by atoms with Crippen molar-refractivity contribution in [2.24, 2.45) is 0 Å². The number of aromatic nitrogens is 1. The molecule has 3 rings (SSSR count). The van der Waals surface area contributed by atoms with E-state index in [0.29, 0.717) is 35.2 Å². The number of unbranched alkanes of at least 4 members (excludes halogenated alkanes) is 3. The minimum atomic E-state index is -0.944. The molecule has 1 aromatic heterocycles. The van der Waals surface area contributed by atoms with Crippen molar-refractivity contribution in [1.82, 2.24) is 9.88 Å². The summed E-state index contributed by atoms with van der Waals surface area (Å²) >= 11 is 0. The van der Waals surface area contributed by atoms with Crippen LogP contribution < -0.4 is 19.1 Å². The molecule has 2 aromatic carbocycles. The Morgan fingerprint density at radius 3 is 2.17 bits per heavy atom. The number of benzene rings is 2. The number of nitrogens with zero attached hydrogens (tertiary/aromatic N) is 3. The highest BCUT2D eigenvalue weighted by Crippen LogP contribution is 2.38. The van der Waals surface area contributed by atoms with Crippen molar-refractivity contribution in [2.45, 2.75) is 39.5 Å². The van der Waals surface area contributed by atoms with Crippen LogP contribution in [0.25, 0.3) is 10.9 Å². The van der Waals surface area contributed by atoms with Gasteiger partial charge in [-0.15, -0.1) is 0 Å². The van der Waals surface area contributed by atoms with E-state index in [4.69, 9.17) is 14.2 Å². The Hall–Kier alpha value is -3.52. The maximum atomic E-state index is 12.1. The molecule has 1 N–H and O–H groups in total. The smallest absolute Gasteiger partial charge is 0.411 e. The number of anilines is 1. The van der Waals surface area contributed by atoms with Gasteiger partial charge in [-0.1, -0.05) is 12.8 Å². The van der Waals surface area contributed by atoms with E-state index in [1.54, 1.807) is 26.5 Å². The van der Waals surface area contributed by atoms with Crippen LogP contribution >= 0.6 is 0 Å². The van der Waals surface area contributed by atoms with E-state index >= 15 is 0 Å². The van der Waals surface area contributed by atoms with Crippen molar-refractivity contribution >= 4 is 22.7 Å². The highest BCUT2D eigenvalue weighted by molar-refractivity contribution is 5.89. The van der Waals surface area contributed by atoms with Crippen molar-refractivity contribution < 1.29 is 24.1 Å². The number of pyridine rings is 1. The third-order valence-electron chi connectivity index (χ3n) is 6.18. The number of ether oxygens (including phenoxy) is 3. The first kappa shape index (κ1) is 27.1. The number of amides is 1. The van der Waals surface area contributed by atoms with E-state index in [1.807, 2.05) is 38.1 Å². The molecule has 0 spiro atoms. The Balaban J connectivity index is 1.81. The van der Waals surface area contributed by atoms with Crippen LogP contribution in [0.1, 0.15) is 36.8 Å². The van der Waals surface area contributed by atoms with Gasteiger partial charge in [-0.2, -0.15) is 0 Å². The fourth-order valence-corrected chi connectivity index (χ4v) is 4.20. The van der Waals surface area contributed by atoms with E-state index in [9.17, 15) is 9.90 Å². The lowest BCUT2D eigenvalue weighted by Crippen LogP contribution is -2.31. The zero-order valence-corrected chi connectivity index (χ0v) is 22.1. The molecule has 1 heterocycles. The summed E-state index contributed by atoms with van der Waals surface area (Å²) in [7, 11) is 7.31. The molecular formula is C28H37N3O5. The molecule has 0 saturated heterocycles. The second-order valence-electron chi connectivity index (χ2n) is 9.19. The van der Waals surface area contributed by atoms with Crippen LogP contribution in [0.3, 0.4) is 0 Å². The average molecular weight is 496 g/mol. The molecule has 0 aliphatic heterocycles. The van der Waals surface area contributed by atoms with Gasteiger partial charge in [0.15, 0.2) is 11.5 Å². The Bertz CT molecular complexity index is 1200. The van der Waals surface area contributed by atoms with Gasteiger partial charge in [-0.3, -0.25) is 9.88 Å². The number of aryl methyl sites for hydroxylation is 2. The molecule has 0 aliphatic rings. The van der Waals surface area contributed by atoms with Gasteiger partial charge in [0.05, 0.1) is 25.4 Å². The fraction of sp³-hybridized carbons (Fsp3) is 0.429. The standard InChI is InChI=1S/C28H37N3O5/c1-19-16-25(36-24-11-12-29-22-18-27(35-6)26(34-5)17-21(22)24)20(2)15-23(19)31(28(32)33)14-10-8-7-9-13-30(3)4/h11-12,15-18H,7-10,13-14H2,1-6H3,(H,32,33). The van der Waals surface area contributed by atoms with E-state index in [0.717, 1.165) is 54.3 Å². The van der Waals surface area contributed by atoms with Gasteiger partial charge >= 0.3 is 6.09 Å². The second-order valence-corrected chi connectivity index (χ2v) is 9.19. The molecule has 0 radical (unpaired) electrons. The Kier molecular flexibility index (Phi) is 9.36. The van der Waals surface area contributed by atoms with E-state index in [2.05, 4.69) is 24.0 Å². The van der Waals surface area contributed by atoms with Crippen molar-refractivity contribution in [3.8, 4) is 23.0 Å². The Morgan fingerprint density at radius 2 is 1.53 bits per heavy atom. The summed E-state index contributed by atoms with van der Waals surface area (Å²) in [6, 6.07) is 9.24. The van der Waals surface area contributed by atoms with Crippen LogP contribution in [0.4, 0.5) is 10.5 Å². The first-order chi connectivity index (χ1) is 17.2. The largest absolute Gasteiger partial charge is 0.493 e. The molecule has 1 amide bonds. The van der Waals surface area contributed by atoms with Crippen molar-refractivity contribution in [3.63, 3.8) is 0 Å². The second kappa shape index (κ2) is 12.4. The molecule has 0 aliphatic carbocycles. The van der Waals surface area contributed by atoms with Gasteiger partial charge in [0.25, 0.3) is 0 Å². The molecular weight excluding hydrogens is 458 g/mol. The van der Waals surface area contributed by atoms with Gasteiger partial charge < -0.3 is 24.2 Å². The van der Waals surface area contributed by atoms with Crippen LogP contribution in [-0.2, 0) is 0 Å². The molecule has 0 fully saturated rings. The van der Waals surface area contributed by atoms with Crippen LogP contribution in [0.2, 0.25) is 0 Å². The predicted octanol–water partition coefficient (Wildman–Crippen LogP) is 6.27. The SMILES string of the molecule is COc1cc2nccc(Oc3cc(C)c(N(CCCCCCN(C)C)C(=O)O)cc3C)c2cc1OC. The molecule has 8 heteroatoms. The van der Waals surface area contributed by atoms with Crippen molar-refractivity contribution in [2.75, 3.05) is 46.3 Å². The van der Waals surface area contributed by atoms with E-state index < -0.39 is 6.09 Å². The van der Waals surface area contributed by atoms with Crippen molar-refractivity contribution in [1.29, 1.82) is 0 Å². The molecule has 0 bridgehead atoms. The number of hydrogen-bond acceptors (Lipinski definition) is 6. The molecule has 36 heavy (non-hydrogen) atoms. The monoisotopic (exact) mass is 495 g/mol. The van der Waals surface area contributed by atoms with Crippen LogP contribution in [0.5, 0.6) is 23.0 Å². The van der Waals surface area contributed by atoms with Gasteiger partial charge in [0.2, 0.25) is 0 Å². The maximum absolute atomic E-state index is 12.1. The topological polar surface area (TPSA) is 84.4 Å². The molecule has 3 aromatic rings. The fourth-order valence-electron chi connectivity index (χ4n) is 4.20. The zero-order valence-electron chi connectivity index (χ0n) is 22.1. The van der Waals surface area contributed by atoms with Gasteiger partial charge in [0.1, 0.15) is 11.5 Å². The summed E-state index contributed by atoms with van der Waals surface area (Å²) in [6.07, 6.45) is 4.77. The molecule has 8 nitrogen and oxygen atoms in total. The highest BCUT2D eigenvalue weighted by Gasteiger charge is 2.19. The quantitative estimate of drug-likeness (QED) is 0.297. The van der Waals surface area contributed by atoms with Crippen LogP contribution in [0.15, 0.2) is 36.5 Å². The minimum absolute atomic E-state index is 0.467. The summed E-state index contributed by atoms with van der Waals surface area (Å²) in [4.78, 5) is 20.1.